The van der Waals surface area contributed by atoms with E-state index < -0.39 is 24.0 Å². The molecule has 0 fully saturated rings. The SMILES string of the molecule is CC(N)C(=O)O.Cc1cnc2ccccc2n1.NC(Cc1ccccc1)C(=O)O.c1ccccc1. The second-order valence-electron chi connectivity index (χ2n) is 7.42. The number of carboxylic acids is 2. The fourth-order valence-corrected chi connectivity index (χ4v) is 2.39. The first-order chi connectivity index (χ1) is 16.7. The predicted molar refractivity (Wildman–Crippen MR) is 138 cm³/mol. The third-order valence-corrected chi connectivity index (χ3v) is 4.24. The Balaban J connectivity index is 0.000000245. The maximum absolute atomic E-state index is 10.4. The number of aromatic nitrogens is 2. The Morgan fingerprint density at radius 3 is 1.66 bits per heavy atom. The van der Waals surface area contributed by atoms with Gasteiger partial charge in [-0.3, -0.25) is 14.6 Å². The summed E-state index contributed by atoms with van der Waals surface area (Å²) in [6.45, 7) is 3.36. The molecule has 0 saturated heterocycles. The highest BCUT2D eigenvalue weighted by molar-refractivity contribution is 5.74. The van der Waals surface area contributed by atoms with E-state index in [4.69, 9.17) is 21.7 Å². The van der Waals surface area contributed by atoms with Crippen molar-refractivity contribution in [1.29, 1.82) is 0 Å². The van der Waals surface area contributed by atoms with E-state index >= 15 is 0 Å². The standard InChI is InChI=1S/C9H8N2.C9H11NO2.C6H6.C3H7NO2/c1-7-6-10-8-4-2-3-5-9(8)11-7;10-8(9(11)12)6-7-4-2-1-3-5-7;1-2-4-6-5-3-1;1-2(4)3(5)6/h2-6H,1H3;1-5,8H,6,10H2,(H,11,12);1-6H;2H,4H2,1H3,(H,5,6). The van der Waals surface area contributed by atoms with Gasteiger partial charge in [-0.25, -0.2) is 4.98 Å². The molecule has 0 aliphatic rings. The van der Waals surface area contributed by atoms with Crippen molar-refractivity contribution < 1.29 is 19.8 Å². The topological polar surface area (TPSA) is 152 Å². The second kappa shape index (κ2) is 16.5. The minimum absolute atomic E-state index is 0.385. The Morgan fingerprint density at radius 2 is 1.20 bits per heavy atom. The normalized spacial score (nSPS) is 11.2. The van der Waals surface area contributed by atoms with Crippen LogP contribution in [-0.2, 0) is 16.0 Å². The molecule has 184 valence electrons. The molecule has 2 unspecified atom stereocenters. The highest BCUT2D eigenvalue weighted by Crippen LogP contribution is 2.07. The first-order valence-electron chi connectivity index (χ1n) is 10.9. The highest BCUT2D eigenvalue weighted by atomic mass is 16.4. The van der Waals surface area contributed by atoms with Gasteiger partial charge in [0.25, 0.3) is 0 Å². The summed E-state index contributed by atoms with van der Waals surface area (Å²) in [6.07, 6.45) is 2.17. The van der Waals surface area contributed by atoms with Crippen LogP contribution >= 0.6 is 0 Å². The van der Waals surface area contributed by atoms with Gasteiger partial charge in [0, 0.05) is 6.20 Å². The number of aryl methyl sites for hydroxylation is 1. The van der Waals surface area contributed by atoms with Crippen molar-refractivity contribution in [2.75, 3.05) is 0 Å². The molecule has 0 aliphatic carbocycles. The van der Waals surface area contributed by atoms with Crippen molar-refractivity contribution in [1.82, 2.24) is 9.97 Å². The van der Waals surface area contributed by atoms with Gasteiger partial charge in [0.05, 0.1) is 16.7 Å². The molecule has 0 saturated carbocycles. The van der Waals surface area contributed by atoms with Crippen molar-refractivity contribution >= 4 is 23.0 Å². The lowest BCUT2D eigenvalue weighted by atomic mass is 10.1. The lowest BCUT2D eigenvalue weighted by Gasteiger charge is -2.04. The number of hydrogen-bond acceptors (Lipinski definition) is 6. The van der Waals surface area contributed by atoms with Crippen LogP contribution in [0.25, 0.3) is 11.0 Å². The Labute approximate surface area is 205 Å². The van der Waals surface area contributed by atoms with Crippen LogP contribution < -0.4 is 11.5 Å². The fraction of sp³-hybridized carbons (Fsp3) is 0.185. The monoisotopic (exact) mass is 476 g/mol. The zero-order chi connectivity index (χ0) is 26.1. The molecule has 6 N–H and O–H groups in total. The number of carbonyl (C=O) groups is 2. The molecule has 4 aromatic rings. The molecule has 0 amide bonds. The number of rotatable bonds is 4. The number of hydrogen-bond donors (Lipinski definition) is 4. The van der Waals surface area contributed by atoms with Crippen molar-refractivity contribution in [2.24, 2.45) is 11.5 Å². The molecule has 0 spiro atoms. The van der Waals surface area contributed by atoms with E-state index in [9.17, 15) is 9.59 Å². The van der Waals surface area contributed by atoms with E-state index in [0.717, 1.165) is 22.3 Å². The van der Waals surface area contributed by atoms with E-state index in [1.54, 1.807) is 6.20 Å². The zero-order valence-electron chi connectivity index (χ0n) is 19.9. The Bertz CT molecular complexity index is 1110. The van der Waals surface area contributed by atoms with Crippen LogP contribution in [0.15, 0.2) is 97.2 Å². The summed E-state index contributed by atoms with van der Waals surface area (Å²) >= 11 is 0. The predicted octanol–water partition coefficient (Wildman–Crippen LogP) is 3.68. The number of nitrogens with zero attached hydrogens (tertiary/aromatic N) is 2. The number of aliphatic carboxylic acids is 2. The van der Waals surface area contributed by atoms with Crippen LogP contribution in [0.2, 0.25) is 0 Å². The van der Waals surface area contributed by atoms with Crippen LogP contribution in [0.5, 0.6) is 0 Å². The van der Waals surface area contributed by atoms with Gasteiger partial charge in [0.2, 0.25) is 0 Å². The van der Waals surface area contributed by atoms with Crippen LogP contribution in [0.1, 0.15) is 18.2 Å². The van der Waals surface area contributed by atoms with E-state index in [1.807, 2.05) is 97.9 Å². The van der Waals surface area contributed by atoms with E-state index in [2.05, 4.69) is 9.97 Å². The summed E-state index contributed by atoms with van der Waals surface area (Å²) in [5, 5.41) is 16.4. The minimum atomic E-state index is -0.963. The molecule has 2 atom stereocenters. The number of fused-ring (bicyclic) bond motifs is 1. The van der Waals surface area contributed by atoms with Crippen molar-refractivity contribution in [3.05, 3.63) is 108 Å². The lowest BCUT2D eigenvalue weighted by molar-refractivity contribution is -0.139. The van der Waals surface area contributed by atoms with E-state index in [0.29, 0.717) is 6.42 Å². The molecule has 1 aromatic heterocycles. The molecule has 0 bridgehead atoms. The van der Waals surface area contributed by atoms with Crippen molar-refractivity contribution in [3.63, 3.8) is 0 Å². The van der Waals surface area contributed by atoms with Crippen LogP contribution in [-0.4, -0.2) is 44.2 Å². The van der Waals surface area contributed by atoms with Gasteiger partial charge in [0.15, 0.2) is 0 Å². The van der Waals surface area contributed by atoms with Crippen LogP contribution in [0, 0.1) is 6.92 Å². The van der Waals surface area contributed by atoms with Gasteiger partial charge in [-0.2, -0.15) is 0 Å². The van der Waals surface area contributed by atoms with Crippen LogP contribution in [0.3, 0.4) is 0 Å². The first kappa shape index (κ1) is 28.9. The van der Waals surface area contributed by atoms with Gasteiger partial charge in [-0.1, -0.05) is 78.9 Å². The number of para-hydroxylation sites is 2. The molecule has 0 radical (unpaired) electrons. The molecule has 35 heavy (non-hydrogen) atoms. The smallest absolute Gasteiger partial charge is 0.320 e. The zero-order valence-corrected chi connectivity index (χ0v) is 19.9. The molecule has 0 aliphatic heterocycles. The molecule has 4 rings (SSSR count). The quantitative estimate of drug-likeness (QED) is 0.348. The summed E-state index contributed by atoms with van der Waals surface area (Å²) < 4.78 is 0. The molecule has 8 nitrogen and oxygen atoms in total. The number of carboxylic acid groups (broad SMARTS) is 2. The summed E-state index contributed by atoms with van der Waals surface area (Å²) in [6, 6.07) is 27.7. The Morgan fingerprint density at radius 1 is 0.771 bits per heavy atom. The summed E-state index contributed by atoms with van der Waals surface area (Å²) in [7, 11) is 0. The summed E-state index contributed by atoms with van der Waals surface area (Å²) in [5.41, 5.74) is 14.0. The molecular weight excluding hydrogens is 444 g/mol. The van der Waals surface area contributed by atoms with Gasteiger partial charge >= 0.3 is 11.9 Å². The Hall–Kier alpha value is -4.14. The largest absolute Gasteiger partial charge is 0.480 e. The van der Waals surface area contributed by atoms with Gasteiger partial charge in [0.1, 0.15) is 12.1 Å². The fourth-order valence-electron chi connectivity index (χ4n) is 2.39. The first-order valence-corrected chi connectivity index (χ1v) is 10.9. The van der Waals surface area contributed by atoms with E-state index in [-0.39, 0.29) is 0 Å². The Kier molecular flexibility index (Phi) is 13.6. The van der Waals surface area contributed by atoms with Gasteiger partial charge in [-0.15, -0.1) is 0 Å². The molecule has 8 heteroatoms. The number of benzene rings is 3. The average molecular weight is 477 g/mol. The third kappa shape index (κ3) is 13.2. The molecular formula is C27H32N4O4. The minimum Gasteiger partial charge on any atom is -0.480 e. The van der Waals surface area contributed by atoms with Crippen molar-refractivity contribution in [2.45, 2.75) is 32.4 Å². The van der Waals surface area contributed by atoms with Crippen molar-refractivity contribution in [3.8, 4) is 0 Å². The van der Waals surface area contributed by atoms with Gasteiger partial charge < -0.3 is 21.7 Å². The summed E-state index contributed by atoms with van der Waals surface area (Å²) in [4.78, 5) is 28.5. The van der Waals surface area contributed by atoms with E-state index in [1.165, 1.54) is 6.92 Å². The second-order valence-corrected chi connectivity index (χ2v) is 7.42. The highest BCUT2D eigenvalue weighted by Gasteiger charge is 2.10. The average Bonchev–Trinajstić information content (AvgIpc) is 2.86. The third-order valence-electron chi connectivity index (χ3n) is 4.24. The molecule has 3 aromatic carbocycles. The maximum Gasteiger partial charge on any atom is 0.320 e. The molecule has 1 heterocycles. The number of nitrogens with two attached hydrogens (primary N) is 2. The lowest BCUT2D eigenvalue weighted by Crippen LogP contribution is -2.32. The summed E-state index contributed by atoms with van der Waals surface area (Å²) in [5.74, 6) is -1.92. The van der Waals surface area contributed by atoms with Gasteiger partial charge in [-0.05, 0) is 38.0 Å². The maximum atomic E-state index is 10.4. The van der Waals surface area contributed by atoms with Crippen LogP contribution in [0.4, 0.5) is 0 Å².